The van der Waals surface area contributed by atoms with Gasteiger partial charge < -0.3 is 5.32 Å². The first-order chi connectivity index (χ1) is 9.11. The summed E-state index contributed by atoms with van der Waals surface area (Å²) in [4.78, 5) is 5.51. The lowest BCUT2D eigenvalue weighted by Crippen LogP contribution is -2.61. The van der Waals surface area contributed by atoms with Crippen molar-refractivity contribution in [3.05, 3.63) is 0 Å². The Morgan fingerprint density at radius 1 is 1.21 bits per heavy atom. The Kier molecular flexibility index (Phi) is 5.67. The van der Waals surface area contributed by atoms with Crippen molar-refractivity contribution < 1.29 is 0 Å². The van der Waals surface area contributed by atoms with Crippen molar-refractivity contribution >= 4 is 0 Å². The maximum Gasteiger partial charge on any atom is 0.0224 e. The number of piperidine rings is 1. The molecule has 0 radical (unpaired) electrons. The van der Waals surface area contributed by atoms with Gasteiger partial charge in [0.15, 0.2) is 0 Å². The molecule has 0 aromatic heterocycles. The van der Waals surface area contributed by atoms with E-state index in [1.54, 1.807) is 0 Å². The smallest absolute Gasteiger partial charge is 0.0224 e. The Labute approximate surface area is 119 Å². The van der Waals surface area contributed by atoms with E-state index in [4.69, 9.17) is 0 Å². The predicted octanol–water partition coefficient (Wildman–Crippen LogP) is 2.32. The third kappa shape index (κ3) is 3.93. The fourth-order valence-corrected chi connectivity index (χ4v) is 4.07. The predicted molar refractivity (Wildman–Crippen MR) is 82.6 cm³/mol. The number of nitrogens with one attached hydrogen (secondary N) is 1. The molecule has 1 N–H and O–H groups in total. The molecule has 2 fully saturated rings. The lowest BCUT2D eigenvalue weighted by atomic mass is 9.95. The van der Waals surface area contributed by atoms with E-state index < -0.39 is 0 Å². The fourth-order valence-electron chi connectivity index (χ4n) is 4.07. The second-order valence-corrected chi connectivity index (χ2v) is 6.73. The van der Waals surface area contributed by atoms with Crippen LogP contribution in [0.5, 0.6) is 0 Å². The molecule has 4 atom stereocenters. The van der Waals surface area contributed by atoms with Gasteiger partial charge in [0.1, 0.15) is 0 Å². The summed E-state index contributed by atoms with van der Waals surface area (Å²) in [6.45, 7) is 14.4. The monoisotopic (exact) mass is 267 g/mol. The summed E-state index contributed by atoms with van der Waals surface area (Å²) < 4.78 is 0. The van der Waals surface area contributed by atoms with Crippen molar-refractivity contribution in [3.63, 3.8) is 0 Å². The van der Waals surface area contributed by atoms with Crippen LogP contribution >= 0.6 is 0 Å². The van der Waals surface area contributed by atoms with Crippen molar-refractivity contribution in [2.75, 3.05) is 26.2 Å². The molecular formula is C16H33N3. The Morgan fingerprint density at radius 3 is 2.74 bits per heavy atom. The Morgan fingerprint density at radius 2 is 2.00 bits per heavy atom. The van der Waals surface area contributed by atoms with Crippen LogP contribution in [0.3, 0.4) is 0 Å². The molecule has 0 bridgehead atoms. The summed E-state index contributed by atoms with van der Waals surface area (Å²) in [7, 11) is 0. The van der Waals surface area contributed by atoms with Crippen molar-refractivity contribution in [2.24, 2.45) is 0 Å². The van der Waals surface area contributed by atoms with Gasteiger partial charge in [-0.1, -0.05) is 13.3 Å². The zero-order valence-electron chi connectivity index (χ0n) is 13.4. The van der Waals surface area contributed by atoms with E-state index in [1.807, 2.05) is 0 Å². The third-order valence-corrected chi connectivity index (χ3v) is 5.05. The summed E-state index contributed by atoms with van der Waals surface area (Å²) >= 11 is 0. The van der Waals surface area contributed by atoms with Crippen LogP contribution in [-0.2, 0) is 0 Å². The minimum Gasteiger partial charge on any atom is -0.314 e. The molecule has 3 heteroatoms. The highest BCUT2D eigenvalue weighted by molar-refractivity contribution is 4.91. The lowest BCUT2D eigenvalue weighted by molar-refractivity contribution is -0.00718. The molecule has 2 aliphatic rings. The molecule has 2 saturated heterocycles. The standard InChI is InChI=1S/C16H33N3/c1-5-17-13(2)10-14(3)19-12-16-8-6-7-9-18(16)11-15(19)4/h13-17H,5-12H2,1-4H3. The SMILES string of the molecule is CCNC(C)CC(C)N1CC2CCCCN2CC1C. The first kappa shape index (κ1) is 15.3. The molecule has 0 amide bonds. The molecule has 0 saturated carbocycles. The topological polar surface area (TPSA) is 18.5 Å². The van der Waals surface area contributed by atoms with Gasteiger partial charge in [-0.2, -0.15) is 0 Å². The second-order valence-electron chi connectivity index (χ2n) is 6.73. The lowest BCUT2D eigenvalue weighted by Gasteiger charge is -2.49. The highest BCUT2D eigenvalue weighted by Gasteiger charge is 2.34. The van der Waals surface area contributed by atoms with Gasteiger partial charge in [0, 0.05) is 37.3 Å². The van der Waals surface area contributed by atoms with Crippen LogP contribution in [0.4, 0.5) is 0 Å². The number of piperazine rings is 1. The minimum absolute atomic E-state index is 0.636. The van der Waals surface area contributed by atoms with E-state index in [0.29, 0.717) is 12.1 Å². The molecule has 19 heavy (non-hydrogen) atoms. The van der Waals surface area contributed by atoms with Crippen LogP contribution in [0.25, 0.3) is 0 Å². The van der Waals surface area contributed by atoms with Crippen LogP contribution in [0.1, 0.15) is 53.4 Å². The zero-order chi connectivity index (χ0) is 13.8. The van der Waals surface area contributed by atoms with Gasteiger partial charge in [-0.3, -0.25) is 9.80 Å². The van der Waals surface area contributed by atoms with Gasteiger partial charge in [-0.15, -0.1) is 0 Å². The van der Waals surface area contributed by atoms with E-state index in [1.165, 1.54) is 45.3 Å². The van der Waals surface area contributed by atoms with Crippen LogP contribution in [0.15, 0.2) is 0 Å². The Bertz CT molecular complexity index is 269. The highest BCUT2D eigenvalue weighted by atomic mass is 15.3. The number of fused-ring (bicyclic) bond motifs is 1. The van der Waals surface area contributed by atoms with Gasteiger partial charge in [0.05, 0.1) is 0 Å². The molecule has 0 spiro atoms. The average Bonchev–Trinajstić information content (AvgIpc) is 2.38. The summed E-state index contributed by atoms with van der Waals surface area (Å²) in [5.74, 6) is 0. The highest BCUT2D eigenvalue weighted by Crippen LogP contribution is 2.26. The van der Waals surface area contributed by atoms with E-state index in [9.17, 15) is 0 Å². The van der Waals surface area contributed by atoms with Gasteiger partial charge in [-0.25, -0.2) is 0 Å². The minimum atomic E-state index is 0.636. The molecule has 3 nitrogen and oxygen atoms in total. The van der Waals surface area contributed by atoms with Gasteiger partial charge in [-0.05, 0) is 53.1 Å². The largest absolute Gasteiger partial charge is 0.314 e. The number of hydrogen-bond donors (Lipinski definition) is 1. The molecule has 0 aliphatic carbocycles. The van der Waals surface area contributed by atoms with E-state index >= 15 is 0 Å². The summed E-state index contributed by atoms with van der Waals surface area (Å²) in [5, 5.41) is 3.55. The Balaban J connectivity index is 1.88. The van der Waals surface area contributed by atoms with Gasteiger partial charge in [0.25, 0.3) is 0 Å². The van der Waals surface area contributed by atoms with E-state index in [-0.39, 0.29) is 0 Å². The maximum absolute atomic E-state index is 3.55. The van der Waals surface area contributed by atoms with Crippen molar-refractivity contribution in [1.82, 2.24) is 15.1 Å². The van der Waals surface area contributed by atoms with Crippen LogP contribution in [0.2, 0.25) is 0 Å². The maximum atomic E-state index is 3.55. The molecule has 2 rings (SSSR count). The fraction of sp³-hybridized carbons (Fsp3) is 1.00. The second kappa shape index (κ2) is 7.05. The van der Waals surface area contributed by atoms with Crippen molar-refractivity contribution in [1.29, 1.82) is 0 Å². The first-order valence-electron chi connectivity index (χ1n) is 8.35. The zero-order valence-corrected chi connectivity index (χ0v) is 13.4. The van der Waals surface area contributed by atoms with Crippen molar-refractivity contribution in [3.8, 4) is 0 Å². The summed E-state index contributed by atoms with van der Waals surface area (Å²) in [6.07, 6.45) is 5.53. The molecule has 2 aliphatic heterocycles. The van der Waals surface area contributed by atoms with Gasteiger partial charge in [0.2, 0.25) is 0 Å². The summed E-state index contributed by atoms with van der Waals surface area (Å²) in [5.41, 5.74) is 0. The van der Waals surface area contributed by atoms with Crippen molar-refractivity contribution in [2.45, 2.75) is 77.5 Å². The first-order valence-corrected chi connectivity index (χ1v) is 8.35. The molecule has 0 aromatic rings. The van der Waals surface area contributed by atoms with Crippen LogP contribution < -0.4 is 5.32 Å². The average molecular weight is 267 g/mol. The van der Waals surface area contributed by atoms with Crippen LogP contribution in [0, 0.1) is 0 Å². The normalized spacial score (nSPS) is 32.8. The molecule has 0 aromatic carbocycles. The number of nitrogens with zero attached hydrogens (tertiary/aromatic N) is 2. The third-order valence-electron chi connectivity index (χ3n) is 5.05. The van der Waals surface area contributed by atoms with E-state index in [0.717, 1.165) is 18.6 Å². The molecule has 112 valence electrons. The molecule has 2 heterocycles. The number of hydrogen-bond acceptors (Lipinski definition) is 3. The number of rotatable bonds is 5. The Hall–Kier alpha value is -0.120. The molecule has 4 unspecified atom stereocenters. The quantitative estimate of drug-likeness (QED) is 0.825. The van der Waals surface area contributed by atoms with E-state index in [2.05, 4.69) is 42.8 Å². The summed E-state index contributed by atoms with van der Waals surface area (Å²) in [6, 6.07) is 2.89. The molecular weight excluding hydrogens is 234 g/mol. The van der Waals surface area contributed by atoms with Gasteiger partial charge >= 0.3 is 0 Å². The van der Waals surface area contributed by atoms with Crippen LogP contribution in [-0.4, -0.2) is 60.1 Å².